The molecule has 0 aliphatic heterocycles. The Balaban J connectivity index is 0.000000743. The van der Waals surface area contributed by atoms with Crippen LogP contribution in [0.1, 0.15) is 19.8 Å². The van der Waals surface area contributed by atoms with Crippen molar-refractivity contribution in [3.8, 4) is 0 Å². The standard InChI is InChI=1S/C9H14N.C4F10NO4S2/c1-2-3-7-10-8-5-4-6-9-10;5-1(6,7)3(11,12)20(16,17)15-21(18,19)4(13,14)2(8,9)10/h4-6,8-9H,2-3,7H2,1H3;/q+1;-1. The maximum Gasteiger partial charge on any atom is 0.467 e. The third kappa shape index (κ3) is 7.16. The Morgan fingerprint density at radius 1 is 0.710 bits per heavy atom. The molecule has 0 aromatic carbocycles. The van der Waals surface area contributed by atoms with Crippen LogP contribution in [0, 0.1) is 0 Å². The van der Waals surface area contributed by atoms with Gasteiger partial charge in [0.2, 0.25) is 0 Å². The number of hydrogen-bond donors (Lipinski definition) is 0. The Labute approximate surface area is 170 Å². The molecule has 0 N–H and O–H groups in total. The molecular formula is C13H14F10N2O4S2. The third-order valence-electron chi connectivity index (χ3n) is 3.05. The second-order valence-corrected chi connectivity index (χ2v) is 9.04. The summed E-state index contributed by atoms with van der Waals surface area (Å²) >= 11 is 0. The average Bonchev–Trinajstić information content (AvgIpc) is 2.58. The number of aryl methyl sites for hydroxylation is 1. The van der Waals surface area contributed by atoms with E-state index in [9.17, 15) is 60.7 Å². The Hall–Kier alpha value is -1.69. The predicted octanol–water partition coefficient (Wildman–Crippen LogP) is 4.10. The summed E-state index contributed by atoms with van der Waals surface area (Å²) in [5, 5.41) is -14.0. The fourth-order valence-electron chi connectivity index (χ4n) is 1.44. The van der Waals surface area contributed by atoms with Crippen LogP contribution in [0.2, 0.25) is 0 Å². The van der Waals surface area contributed by atoms with Gasteiger partial charge in [0.05, 0.1) is 0 Å². The molecule has 31 heavy (non-hydrogen) atoms. The first-order chi connectivity index (χ1) is 13.6. The van der Waals surface area contributed by atoms with Crippen molar-refractivity contribution in [3.63, 3.8) is 0 Å². The monoisotopic (exact) mass is 516 g/mol. The van der Waals surface area contributed by atoms with Crippen LogP contribution in [0.5, 0.6) is 0 Å². The minimum absolute atomic E-state index is 0.422. The molecule has 1 aromatic rings. The van der Waals surface area contributed by atoms with E-state index in [0.29, 0.717) is 4.13 Å². The third-order valence-corrected chi connectivity index (χ3v) is 6.38. The zero-order valence-corrected chi connectivity index (χ0v) is 16.8. The molecule has 18 heteroatoms. The Morgan fingerprint density at radius 3 is 1.35 bits per heavy atom. The van der Waals surface area contributed by atoms with Gasteiger partial charge < -0.3 is 4.13 Å². The molecule has 0 aliphatic rings. The van der Waals surface area contributed by atoms with Crippen molar-refractivity contribution < 1.29 is 65.3 Å². The SMILES string of the molecule is CCCC[n+]1ccccc1.O=S(=O)([N-]S(=O)(=O)C(F)(F)C(F)(F)F)C(F)(F)C(F)(F)F. The smallest absolute Gasteiger partial charge is 0.425 e. The van der Waals surface area contributed by atoms with E-state index < -0.39 is 42.9 Å². The van der Waals surface area contributed by atoms with Gasteiger partial charge >= 0.3 is 22.9 Å². The van der Waals surface area contributed by atoms with Crippen LogP contribution in [0.3, 0.4) is 0 Å². The first kappa shape index (κ1) is 29.3. The molecule has 0 radical (unpaired) electrons. The Morgan fingerprint density at radius 2 is 1.06 bits per heavy atom. The van der Waals surface area contributed by atoms with Crippen molar-refractivity contribution in [1.82, 2.24) is 0 Å². The van der Waals surface area contributed by atoms with Crippen LogP contribution >= 0.6 is 0 Å². The normalized spacial score (nSPS) is 14.0. The highest BCUT2D eigenvalue weighted by Crippen LogP contribution is 2.47. The molecule has 6 nitrogen and oxygen atoms in total. The van der Waals surface area contributed by atoms with E-state index in [1.807, 2.05) is 6.07 Å². The molecule has 1 rings (SSSR count). The lowest BCUT2D eigenvalue weighted by atomic mass is 10.3. The molecule has 0 saturated heterocycles. The van der Waals surface area contributed by atoms with Gasteiger partial charge in [0.15, 0.2) is 32.4 Å². The highest BCUT2D eigenvalue weighted by atomic mass is 32.3. The van der Waals surface area contributed by atoms with Crippen LogP contribution in [0.15, 0.2) is 30.6 Å². The molecule has 0 atom stereocenters. The van der Waals surface area contributed by atoms with Crippen LogP contribution in [-0.4, -0.2) is 39.7 Å². The highest BCUT2D eigenvalue weighted by Gasteiger charge is 2.68. The molecule has 0 amide bonds. The van der Waals surface area contributed by atoms with E-state index in [1.54, 1.807) is 0 Å². The van der Waals surface area contributed by atoms with Gasteiger partial charge in [0.1, 0.15) is 6.54 Å². The maximum atomic E-state index is 12.3. The number of halogens is 10. The summed E-state index contributed by atoms with van der Waals surface area (Å²) in [4.78, 5) is 0. The second kappa shape index (κ2) is 9.85. The molecule has 1 aromatic heterocycles. The summed E-state index contributed by atoms with van der Waals surface area (Å²) in [7, 11) is -15.2. The van der Waals surface area contributed by atoms with Crippen LogP contribution in [0.25, 0.3) is 4.13 Å². The number of rotatable bonds is 7. The fourth-order valence-corrected chi connectivity index (χ4v) is 3.81. The van der Waals surface area contributed by atoms with Crippen molar-refractivity contribution in [1.29, 1.82) is 0 Å². The lowest BCUT2D eigenvalue weighted by molar-refractivity contribution is -0.697. The summed E-state index contributed by atoms with van der Waals surface area (Å²) < 4.78 is 163. The molecule has 0 unspecified atom stereocenters. The first-order valence-electron chi connectivity index (χ1n) is 7.70. The molecule has 0 spiro atoms. The highest BCUT2D eigenvalue weighted by molar-refractivity contribution is 8.13. The van der Waals surface area contributed by atoms with Crippen molar-refractivity contribution >= 4 is 20.0 Å². The molecule has 0 saturated carbocycles. The maximum absolute atomic E-state index is 12.3. The minimum Gasteiger partial charge on any atom is -0.425 e. The summed E-state index contributed by atoms with van der Waals surface area (Å²) in [5.41, 5.74) is 0. The van der Waals surface area contributed by atoms with Crippen LogP contribution in [-0.2, 0) is 26.6 Å². The minimum atomic E-state index is -7.62. The molecule has 182 valence electrons. The number of sulfonamides is 2. The predicted molar refractivity (Wildman–Crippen MR) is 84.7 cm³/mol. The first-order valence-corrected chi connectivity index (χ1v) is 10.6. The number of hydrogen-bond acceptors (Lipinski definition) is 4. The van der Waals surface area contributed by atoms with E-state index in [1.165, 1.54) is 12.8 Å². The van der Waals surface area contributed by atoms with E-state index in [2.05, 4.69) is 36.0 Å². The van der Waals surface area contributed by atoms with Crippen LogP contribution in [0.4, 0.5) is 43.9 Å². The Bertz CT molecular complexity index is 860. The van der Waals surface area contributed by atoms with Crippen molar-refractivity contribution in [2.24, 2.45) is 0 Å². The largest absolute Gasteiger partial charge is 0.467 e. The van der Waals surface area contributed by atoms with Gasteiger partial charge in [-0.3, -0.25) is 0 Å². The molecule has 1 heterocycles. The van der Waals surface area contributed by atoms with Crippen molar-refractivity contribution in [2.75, 3.05) is 0 Å². The van der Waals surface area contributed by atoms with Crippen molar-refractivity contribution in [3.05, 3.63) is 34.7 Å². The summed E-state index contributed by atoms with van der Waals surface area (Å²) in [6.45, 7) is 3.36. The number of aromatic nitrogens is 1. The van der Waals surface area contributed by atoms with Gasteiger partial charge in [-0.15, -0.1) is 0 Å². The lowest BCUT2D eigenvalue weighted by Crippen LogP contribution is -2.48. The van der Waals surface area contributed by atoms with E-state index in [0.717, 1.165) is 6.54 Å². The van der Waals surface area contributed by atoms with Crippen molar-refractivity contribution in [2.45, 2.75) is 49.2 Å². The van der Waals surface area contributed by atoms with E-state index in [-0.39, 0.29) is 0 Å². The summed E-state index contributed by atoms with van der Waals surface area (Å²) in [6.07, 6.45) is -7.25. The number of pyridine rings is 1. The zero-order chi connectivity index (χ0) is 24.9. The fraction of sp³-hybridized carbons (Fsp3) is 0.615. The number of unbranched alkanes of at least 4 members (excludes halogenated alkanes) is 1. The lowest BCUT2D eigenvalue weighted by Gasteiger charge is -2.31. The topological polar surface area (TPSA) is 86.3 Å². The molecule has 0 fully saturated rings. The average molecular weight is 516 g/mol. The molecule has 0 aliphatic carbocycles. The Kier molecular flexibility index (Phi) is 9.31. The van der Waals surface area contributed by atoms with Gasteiger partial charge in [-0.1, -0.05) is 19.4 Å². The van der Waals surface area contributed by atoms with E-state index >= 15 is 0 Å². The number of nitrogens with zero attached hydrogens (tertiary/aromatic N) is 2. The summed E-state index contributed by atoms with van der Waals surface area (Å²) in [5.74, 6) is 0. The van der Waals surface area contributed by atoms with Crippen LogP contribution < -0.4 is 4.57 Å². The number of alkyl halides is 10. The quantitative estimate of drug-likeness (QED) is 0.404. The van der Waals surface area contributed by atoms with Gasteiger partial charge in [-0.05, 0) is 0 Å². The molecular weight excluding hydrogens is 502 g/mol. The summed E-state index contributed by atoms with van der Waals surface area (Å²) in [6, 6.07) is 6.17. The van der Waals surface area contributed by atoms with Gasteiger partial charge in [-0.2, -0.15) is 43.9 Å². The van der Waals surface area contributed by atoms with Gasteiger partial charge in [0.25, 0.3) is 0 Å². The van der Waals surface area contributed by atoms with E-state index in [4.69, 9.17) is 0 Å². The van der Waals surface area contributed by atoms with Gasteiger partial charge in [0, 0.05) is 18.6 Å². The molecule has 0 bridgehead atoms. The van der Waals surface area contributed by atoms with Gasteiger partial charge in [-0.25, -0.2) is 21.4 Å². The zero-order valence-electron chi connectivity index (χ0n) is 15.1. The second-order valence-electron chi connectivity index (χ2n) is 5.52.